The van der Waals surface area contributed by atoms with Gasteiger partial charge in [-0.2, -0.15) is 5.10 Å². The van der Waals surface area contributed by atoms with Crippen LogP contribution in [-0.2, 0) is 11.8 Å². The molecular weight excluding hydrogens is 338 g/mol. The Labute approximate surface area is 129 Å². The lowest BCUT2D eigenvalue weighted by Gasteiger charge is -2.08. The number of anilines is 1. The predicted molar refractivity (Wildman–Crippen MR) is 82.0 cm³/mol. The Morgan fingerprint density at radius 1 is 1.43 bits per heavy atom. The number of nitrogens with zero attached hydrogens (tertiary/aromatic N) is 2. The minimum atomic E-state index is -1.11. The van der Waals surface area contributed by atoms with Crippen molar-refractivity contribution in [3.8, 4) is 0 Å². The smallest absolute Gasteiger partial charge is 0.337 e. The van der Waals surface area contributed by atoms with E-state index in [1.54, 1.807) is 42.3 Å². The molecule has 0 unspecified atom stereocenters. The number of hydrogen-bond donors (Lipinski definition) is 2. The molecule has 7 heteroatoms. The molecule has 0 saturated heterocycles. The molecule has 1 aromatic carbocycles. The minimum absolute atomic E-state index is 0.0208. The third kappa shape index (κ3) is 3.79. The molecule has 0 fully saturated rings. The van der Waals surface area contributed by atoms with Crippen molar-refractivity contribution in [3.05, 3.63) is 52.3 Å². The molecule has 0 radical (unpaired) electrons. The van der Waals surface area contributed by atoms with Gasteiger partial charge in [-0.05, 0) is 34.1 Å². The summed E-state index contributed by atoms with van der Waals surface area (Å²) in [6.07, 6.45) is 6.29. The van der Waals surface area contributed by atoms with Crippen LogP contribution in [0.2, 0.25) is 0 Å². The number of hydrogen-bond acceptors (Lipinski definition) is 3. The fourth-order valence-corrected chi connectivity index (χ4v) is 2.16. The van der Waals surface area contributed by atoms with Gasteiger partial charge in [0.05, 0.1) is 17.4 Å². The summed E-state index contributed by atoms with van der Waals surface area (Å²) in [6.45, 7) is 0. The quantitative estimate of drug-likeness (QED) is 0.830. The van der Waals surface area contributed by atoms with Gasteiger partial charge in [-0.25, -0.2) is 4.79 Å². The molecule has 1 amide bonds. The Balaban J connectivity index is 2.16. The fourth-order valence-electron chi connectivity index (χ4n) is 1.69. The summed E-state index contributed by atoms with van der Waals surface area (Å²) in [4.78, 5) is 23.0. The topological polar surface area (TPSA) is 84.2 Å². The number of aromatic carboxylic acids is 1. The average Bonchev–Trinajstić information content (AvgIpc) is 2.84. The number of para-hydroxylation sites is 1. The zero-order chi connectivity index (χ0) is 15.4. The van der Waals surface area contributed by atoms with E-state index in [0.717, 1.165) is 5.56 Å². The SMILES string of the molecule is Cn1cc(C=CC(=O)Nc2c(Br)cccc2C(=O)O)cn1. The number of aryl methyl sites for hydroxylation is 1. The lowest BCUT2D eigenvalue weighted by molar-refractivity contribution is -0.111. The van der Waals surface area contributed by atoms with Crippen LogP contribution >= 0.6 is 15.9 Å². The van der Waals surface area contributed by atoms with E-state index in [0.29, 0.717) is 4.47 Å². The summed E-state index contributed by atoms with van der Waals surface area (Å²) < 4.78 is 2.12. The van der Waals surface area contributed by atoms with Gasteiger partial charge in [0.25, 0.3) is 0 Å². The first-order chi connectivity index (χ1) is 9.97. The summed E-state index contributed by atoms with van der Waals surface area (Å²) in [5, 5.41) is 15.6. The Morgan fingerprint density at radius 3 is 2.81 bits per heavy atom. The van der Waals surface area contributed by atoms with Gasteiger partial charge in [0.15, 0.2) is 0 Å². The van der Waals surface area contributed by atoms with Crippen LogP contribution < -0.4 is 5.32 Å². The molecular formula is C14H12BrN3O3. The van der Waals surface area contributed by atoms with Crippen molar-refractivity contribution in [2.45, 2.75) is 0 Å². The molecule has 0 aliphatic rings. The second kappa shape index (κ2) is 6.36. The van der Waals surface area contributed by atoms with E-state index < -0.39 is 11.9 Å². The maximum absolute atomic E-state index is 11.9. The summed E-state index contributed by atoms with van der Waals surface area (Å²) in [5.41, 5.74) is 1.02. The van der Waals surface area contributed by atoms with Crippen LogP contribution in [0.25, 0.3) is 6.08 Å². The number of halogens is 1. The maximum atomic E-state index is 11.9. The van der Waals surface area contributed by atoms with Gasteiger partial charge in [0.2, 0.25) is 5.91 Å². The van der Waals surface area contributed by atoms with Crippen molar-refractivity contribution in [1.82, 2.24) is 9.78 Å². The summed E-state index contributed by atoms with van der Waals surface area (Å²) in [7, 11) is 1.78. The largest absolute Gasteiger partial charge is 0.478 e. The molecule has 0 atom stereocenters. The Kier molecular flexibility index (Phi) is 4.54. The van der Waals surface area contributed by atoms with E-state index in [4.69, 9.17) is 5.11 Å². The average molecular weight is 350 g/mol. The third-order valence-corrected chi connectivity index (χ3v) is 3.31. The van der Waals surface area contributed by atoms with Crippen LogP contribution in [0, 0.1) is 0 Å². The standard InChI is InChI=1S/C14H12BrN3O3/c1-18-8-9(7-16-18)5-6-12(19)17-13-10(14(20)21)3-2-4-11(13)15/h2-8H,1H3,(H,17,19)(H,20,21). The van der Waals surface area contributed by atoms with Gasteiger partial charge >= 0.3 is 5.97 Å². The lowest BCUT2D eigenvalue weighted by atomic mass is 10.2. The van der Waals surface area contributed by atoms with Crippen LogP contribution in [0.3, 0.4) is 0 Å². The van der Waals surface area contributed by atoms with E-state index in [2.05, 4.69) is 26.3 Å². The predicted octanol–water partition coefficient (Wildman–Crippen LogP) is 2.53. The highest BCUT2D eigenvalue weighted by atomic mass is 79.9. The van der Waals surface area contributed by atoms with Gasteiger partial charge < -0.3 is 10.4 Å². The number of benzene rings is 1. The highest BCUT2D eigenvalue weighted by Crippen LogP contribution is 2.26. The van der Waals surface area contributed by atoms with Crippen LogP contribution in [0.4, 0.5) is 5.69 Å². The highest BCUT2D eigenvalue weighted by molar-refractivity contribution is 9.10. The molecule has 0 aliphatic heterocycles. The molecule has 108 valence electrons. The molecule has 2 rings (SSSR count). The Bertz CT molecular complexity index is 722. The van der Waals surface area contributed by atoms with Crippen molar-refractivity contribution in [2.75, 3.05) is 5.32 Å². The molecule has 0 saturated carbocycles. The molecule has 0 bridgehead atoms. The Morgan fingerprint density at radius 2 is 2.19 bits per heavy atom. The lowest BCUT2D eigenvalue weighted by Crippen LogP contribution is -2.12. The number of carbonyl (C=O) groups is 2. The van der Waals surface area contributed by atoms with E-state index in [-0.39, 0.29) is 11.3 Å². The number of rotatable bonds is 4. The van der Waals surface area contributed by atoms with Gasteiger partial charge in [0.1, 0.15) is 0 Å². The summed E-state index contributed by atoms with van der Waals surface area (Å²) in [6, 6.07) is 4.68. The Hall–Kier alpha value is -2.41. The molecule has 6 nitrogen and oxygen atoms in total. The van der Waals surface area contributed by atoms with Crippen LogP contribution in [-0.4, -0.2) is 26.8 Å². The number of carboxylic acid groups (broad SMARTS) is 1. The molecule has 1 aromatic heterocycles. The number of amides is 1. The number of carbonyl (C=O) groups excluding carboxylic acids is 1. The zero-order valence-electron chi connectivity index (χ0n) is 11.1. The van der Waals surface area contributed by atoms with Gasteiger partial charge in [-0.1, -0.05) is 6.07 Å². The molecule has 0 aliphatic carbocycles. The second-order valence-electron chi connectivity index (χ2n) is 4.24. The molecule has 21 heavy (non-hydrogen) atoms. The highest BCUT2D eigenvalue weighted by Gasteiger charge is 2.14. The summed E-state index contributed by atoms with van der Waals surface area (Å²) in [5.74, 6) is -1.53. The van der Waals surface area contributed by atoms with Crippen LogP contribution in [0.1, 0.15) is 15.9 Å². The van der Waals surface area contributed by atoms with Crippen molar-refractivity contribution < 1.29 is 14.7 Å². The van der Waals surface area contributed by atoms with Crippen molar-refractivity contribution >= 4 is 39.6 Å². The summed E-state index contributed by atoms with van der Waals surface area (Å²) >= 11 is 3.23. The van der Waals surface area contributed by atoms with Gasteiger partial charge in [-0.15, -0.1) is 0 Å². The number of nitrogens with one attached hydrogen (secondary N) is 1. The first-order valence-corrected chi connectivity index (χ1v) is 6.76. The molecule has 1 heterocycles. The monoisotopic (exact) mass is 349 g/mol. The third-order valence-electron chi connectivity index (χ3n) is 2.64. The van der Waals surface area contributed by atoms with E-state index >= 15 is 0 Å². The normalized spacial score (nSPS) is 10.8. The van der Waals surface area contributed by atoms with Crippen LogP contribution in [0.5, 0.6) is 0 Å². The molecule has 2 N–H and O–H groups in total. The fraction of sp³-hybridized carbons (Fsp3) is 0.0714. The van der Waals surface area contributed by atoms with E-state index in [9.17, 15) is 9.59 Å². The minimum Gasteiger partial charge on any atom is -0.478 e. The van der Waals surface area contributed by atoms with Crippen molar-refractivity contribution in [2.24, 2.45) is 7.05 Å². The molecule has 2 aromatic rings. The van der Waals surface area contributed by atoms with Crippen molar-refractivity contribution in [1.29, 1.82) is 0 Å². The maximum Gasteiger partial charge on any atom is 0.337 e. The number of carboxylic acids is 1. The van der Waals surface area contributed by atoms with Crippen LogP contribution in [0.15, 0.2) is 41.1 Å². The zero-order valence-corrected chi connectivity index (χ0v) is 12.7. The number of aromatic nitrogens is 2. The second-order valence-corrected chi connectivity index (χ2v) is 5.09. The van der Waals surface area contributed by atoms with Gasteiger partial charge in [-0.3, -0.25) is 9.48 Å². The van der Waals surface area contributed by atoms with Gasteiger partial charge in [0, 0.05) is 29.4 Å². The first kappa shape index (κ1) is 15.0. The van der Waals surface area contributed by atoms with E-state index in [1.165, 1.54) is 12.1 Å². The molecule has 0 spiro atoms. The first-order valence-electron chi connectivity index (χ1n) is 5.97. The van der Waals surface area contributed by atoms with E-state index in [1.807, 2.05) is 0 Å². The van der Waals surface area contributed by atoms with Crippen molar-refractivity contribution in [3.63, 3.8) is 0 Å².